The molecule has 5 nitrogen and oxygen atoms in total. The number of furan rings is 1. The second-order valence-corrected chi connectivity index (χ2v) is 5.99. The molecule has 0 unspecified atom stereocenters. The third-order valence-electron chi connectivity index (χ3n) is 4.15. The van der Waals surface area contributed by atoms with Crippen molar-refractivity contribution in [3.05, 3.63) is 54.1 Å². The topological polar surface area (TPSA) is 58.4 Å². The van der Waals surface area contributed by atoms with Crippen molar-refractivity contribution in [3.63, 3.8) is 0 Å². The first-order valence-electron chi connectivity index (χ1n) is 8.50. The van der Waals surface area contributed by atoms with Crippen LogP contribution in [0, 0.1) is 0 Å². The molecule has 5 heteroatoms. The van der Waals surface area contributed by atoms with E-state index in [4.69, 9.17) is 4.42 Å². The summed E-state index contributed by atoms with van der Waals surface area (Å²) in [5.41, 5.74) is 0.994. The summed E-state index contributed by atoms with van der Waals surface area (Å²) in [5, 5.41) is 2.85. The lowest BCUT2D eigenvalue weighted by atomic mass is 10.2. The van der Waals surface area contributed by atoms with E-state index >= 15 is 0 Å². The minimum Gasteiger partial charge on any atom is -0.465 e. The number of aromatic nitrogens is 1. The lowest BCUT2D eigenvalue weighted by molar-refractivity contribution is -0.116. The number of pyridine rings is 1. The van der Waals surface area contributed by atoms with Crippen LogP contribution in [0.25, 0.3) is 6.08 Å². The van der Waals surface area contributed by atoms with Gasteiger partial charge in [0.05, 0.1) is 6.26 Å². The first kappa shape index (κ1) is 16.3. The summed E-state index contributed by atoms with van der Waals surface area (Å²) in [5.74, 6) is 1.54. The van der Waals surface area contributed by atoms with E-state index in [0.29, 0.717) is 12.3 Å². The normalized spacial score (nSPS) is 15.4. The Balaban J connectivity index is 1.49. The summed E-state index contributed by atoms with van der Waals surface area (Å²) in [6.45, 7) is 2.63. The second kappa shape index (κ2) is 8.34. The van der Waals surface area contributed by atoms with Crippen LogP contribution in [-0.4, -0.2) is 24.0 Å². The molecule has 1 aliphatic heterocycles. The Morgan fingerprint density at radius 1 is 1.21 bits per heavy atom. The van der Waals surface area contributed by atoms with Gasteiger partial charge in [-0.1, -0.05) is 18.9 Å². The van der Waals surface area contributed by atoms with Gasteiger partial charge in [-0.15, -0.1) is 0 Å². The molecule has 0 spiro atoms. The number of nitrogens with zero attached hydrogens (tertiary/aromatic N) is 2. The van der Waals surface area contributed by atoms with Crippen molar-refractivity contribution >= 4 is 17.8 Å². The molecule has 1 saturated heterocycles. The molecular formula is C19H23N3O2. The van der Waals surface area contributed by atoms with Gasteiger partial charge in [0.2, 0.25) is 5.91 Å². The summed E-state index contributed by atoms with van der Waals surface area (Å²) in [7, 11) is 0. The van der Waals surface area contributed by atoms with Gasteiger partial charge in [0.15, 0.2) is 0 Å². The van der Waals surface area contributed by atoms with Crippen molar-refractivity contribution in [3.8, 4) is 0 Å². The molecule has 24 heavy (non-hydrogen) atoms. The number of anilines is 1. The van der Waals surface area contributed by atoms with Gasteiger partial charge < -0.3 is 14.6 Å². The smallest absolute Gasteiger partial charge is 0.244 e. The van der Waals surface area contributed by atoms with Crippen LogP contribution in [0.3, 0.4) is 0 Å². The number of amides is 1. The molecule has 3 rings (SSSR count). The Hall–Kier alpha value is -2.56. The van der Waals surface area contributed by atoms with Gasteiger partial charge in [-0.05, 0) is 42.7 Å². The highest BCUT2D eigenvalue weighted by molar-refractivity contribution is 5.91. The highest BCUT2D eigenvalue weighted by Gasteiger charge is 2.10. The van der Waals surface area contributed by atoms with Gasteiger partial charge >= 0.3 is 0 Å². The van der Waals surface area contributed by atoms with E-state index in [9.17, 15) is 4.79 Å². The van der Waals surface area contributed by atoms with E-state index in [0.717, 1.165) is 24.5 Å². The Kier molecular flexibility index (Phi) is 5.66. The van der Waals surface area contributed by atoms with Crippen LogP contribution >= 0.6 is 0 Å². The lowest BCUT2D eigenvalue weighted by Crippen LogP contribution is -2.25. The molecule has 1 amide bonds. The molecule has 1 fully saturated rings. The van der Waals surface area contributed by atoms with Gasteiger partial charge in [-0.2, -0.15) is 0 Å². The molecule has 0 atom stereocenters. The molecule has 0 radical (unpaired) electrons. The van der Waals surface area contributed by atoms with Crippen LogP contribution in [0.1, 0.15) is 37.0 Å². The average Bonchev–Trinajstić information content (AvgIpc) is 2.99. The van der Waals surface area contributed by atoms with Crippen molar-refractivity contribution in [1.29, 1.82) is 0 Å². The third-order valence-corrected chi connectivity index (χ3v) is 4.15. The highest BCUT2D eigenvalue weighted by atomic mass is 16.3. The van der Waals surface area contributed by atoms with Crippen molar-refractivity contribution in [2.75, 3.05) is 18.0 Å². The Morgan fingerprint density at radius 3 is 2.71 bits per heavy atom. The van der Waals surface area contributed by atoms with Gasteiger partial charge in [0.25, 0.3) is 0 Å². The van der Waals surface area contributed by atoms with E-state index in [2.05, 4.69) is 15.2 Å². The first-order chi connectivity index (χ1) is 11.8. The number of nitrogens with one attached hydrogen (secondary N) is 1. The van der Waals surface area contributed by atoms with Crippen LogP contribution in [0.5, 0.6) is 0 Å². The number of carbonyl (C=O) groups excluding carboxylic acids is 1. The first-order valence-corrected chi connectivity index (χ1v) is 8.50. The summed E-state index contributed by atoms with van der Waals surface area (Å²) < 4.78 is 5.14. The Morgan fingerprint density at radius 2 is 2.04 bits per heavy atom. The number of carbonyl (C=O) groups is 1. The number of hydrogen-bond acceptors (Lipinski definition) is 4. The molecule has 0 aliphatic carbocycles. The zero-order chi connectivity index (χ0) is 16.6. The van der Waals surface area contributed by atoms with Gasteiger partial charge in [0.1, 0.15) is 11.6 Å². The Bertz CT molecular complexity index is 654. The standard InChI is InChI=1S/C19H23N3O2/c23-19(10-8-17-6-5-13-24-17)21-15-16-7-9-18(20-14-16)22-11-3-1-2-4-12-22/h5-10,13-14H,1-4,11-12,15H2,(H,21,23). The minimum atomic E-state index is -0.150. The van der Waals surface area contributed by atoms with Crippen molar-refractivity contribution < 1.29 is 9.21 Å². The fourth-order valence-electron chi connectivity index (χ4n) is 2.80. The second-order valence-electron chi connectivity index (χ2n) is 5.99. The maximum Gasteiger partial charge on any atom is 0.244 e. The molecule has 2 aromatic rings. The van der Waals surface area contributed by atoms with Crippen LogP contribution in [0.2, 0.25) is 0 Å². The van der Waals surface area contributed by atoms with Gasteiger partial charge in [-0.3, -0.25) is 4.79 Å². The van der Waals surface area contributed by atoms with E-state index in [1.807, 2.05) is 18.3 Å². The maximum absolute atomic E-state index is 11.8. The van der Waals surface area contributed by atoms with Gasteiger partial charge in [-0.25, -0.2) is 4.98 Å². The largest absolute Gasteiger partial charge is 0.465 e. The van der Waals surface area contributed by atoms with E-state index in [1.165, 1.54) is 31.8 Å². The summed E-state index contributed by atoms with van der Waals surface area (Å²) in [6, 6.07) is 7.67. The fraction of sp³-hybridized carbons (Fsp3) is 0.368. The molecular weight excluding hydrogens is 302 g/mol. The third kappa shape index (κ3) is 4.72. The fourth-order valence-corrected chi connectivity index (χ4v) is 2.80. The van der Waals surface area contributed by atoms with Crippen LogP contribution < -0.4 is 10.2 Å². The van der Waals surface area contributed by atoms with Crippen LogP contribution in [0.15, 0.2) is 47.2 Å². The summed E-state index contributed by atoms with van der Waals surface area (Å²) in [4.78, 5) is 18.7. The Labute approximate surface area is 142 Å². The van der Waals surface area contributed by atoms with Crippen LogP contribution in [0.4, 0.5) is 5.82 Å². The zero-order valence-electron chi connectivity index (χ0n) is 13.8. The van der Waals surface area contributed by atoms with E-state index in [1.54, 1.807) is 24.5 Å². The van der Waals surface area contributed by atoms with Crippen LogP contribution in [-0.2, 0) is 11.3 Å². The zero-order valence-corrected chi connectivity index (χ0v) is 13.8. The molecule has 1 aliphatic rings. The average molecular weight is 325 g/mol. The molecule has 126 valence electrons. The predicted octanol–water partition coefficient (Wildman–Crippen LogP) is 3.38. The molecule has 0 bridgehead atoms. The molecule has 2 aromatic heterocycles. The lowest BCUT2D eigenvalue weighted by Gasteiger charge is -2.21. The van der Waals surface area contributed by atoms with Crippen molar-refractivity contribution in [2.45, 2.75) is 32.2 Å². The number of hydrogen-bond donors (Lipinski definition) is 1. The van der Waals surface area contributed by atoms with E-state index in [-0.39, 0.29) is 5.91 Å². The molecule has 0 saturated carbocycles. The molecule has 1 N–H and O–H groups in total. The number of rotatable bonds is 5. The van der Waals surface area contributed by atoms with E-state index < -0.39 is 0 Å². The quantitative estimate of drug-likeness (QED) is 0.856. The van der Waals surface area contributed by atoms with Crippen molar-refractivity contribution in [1.82, 2.24) is 10.3 Å². The maximum atomic E-state index is 11.8. The summed E-state index contributed by atoms with van der Waals surface area (Å²) in [6.07, 6.45) is 11.6. The highest BCUT2D eigenvalue weighted by Crippen LogP contribution is 2.17. The summed E-state index contributed by atoms with van der Waals surface area (Å²) >= 11 is 0. The predicted molar refractivity (Wildman–Crippen MR) is 94.5 cm³/mol. The minimum absolute atomic E-state index is 0.150. The van der Waals surface area contributed by atoms with Gasteiger partial charge in [0, 0.05) is 31.9 Å². The molecule has 0 aromatic carbocycles. The molecule has 3 heterocycles. The SMILES string of the molecule is O=C(C=Cc1ccco1)NCc1ccc(N2CCCCCC2)nc1. The monoisotopic (exact) mass is 325 g/mol. The van der Waals surface area contributed by atoms with Crippen molar-refractivity contribution in [2.24, 2.45) is 0 Å².